The number of fused-ring (bicyclic) bond motifs is 4. The summed E-state index contributed by atoms with van der Waals surface area (Å²) < 4.78 is 6.11. The van der Waals surface area contributed by atoms with Gasteiger partial charge in [0.25, 0.3) is 0 Å². The Morgan fingerprint density at radius 3 is 1.84 bits per heavy atom. The van der Waals surface area contributed by atoms with Gasteiger partial charge in [0.05, 0.1) is 39.9 Å². The number of hydrogen-bond acceptors (Lipinski definition) is 3. The number of rotatable bonds is 0. The van der Waals surface area contributed by atoms with Crippen molar-refractivity contribution in [1.29, 1.82) is 0 Å². The fraction of sp³-hybridized carbons (Fsp3) is 0.375. The van der Waals surface area contributed by atoms with Gasteiger partial charge in [0.15, 0.2) is 0 Å². The summed E-state index contributed by atoms with van der Waals surface area (Å²) in [4.78, 5) is 9.69. The maximum atomic E-state index is 6.11. The molecule has 3 heteroatoms. The van der Waals surface area contributed by atoms with Crippen LogP contribution in [0.1, 0.15) is 37.1 Å². The lowest BCUT2D eigenvalue weighted by molar-refractivity contribution is 0.265. The Morgan fingerprint density at radius 2 is 1.42 bits per heavy atom. The van der Waals surface area contributed by atoms with E-state index in [-0.39, 0.29) is 23.0 Å². The van der Waals surface area contributed by atoms with Gasteiger partial charge < -0.3 is 4.74 Å². The van der Waals surface area contributed by atoms with Crippen LogP contribution in [0.5, 0.6) is 0 Å². The number of ether oxygens (including phenoxy) is 1. The van der Waals surface area contributed by atoms with E-state index in [0.29, 0.717) is 0 Å². The van der Waals surface area contributed by atoms with E-state index in [2.05, 4.69) is 26.0 Å². The van der Waals surface area contributed by atoms with Crippen molar-refractivity contribution >= 4 is 11.0 Å². The minimum absolute atomic E-state index is 0.0690. The molecule has 94 valence electrons. The number of epoxide rings is 1. The van der Waals surface area contributed by atoms with Crippen LogP contribution in [0.2, 0.25) is 0 Å². The Balaban J connectivity index is 1.80. The van der Waals surface area contributed by atoms with Gasteiger partial charge in [-0.3, -0.25) is 0 Å². The van der Waals surface area contributed by atoms with Crippen LogP contribution in [0.25, 0.3) is 11.0 Å². The molecule has 3 atom stereocenters. The maximum Gasteiger partial charge on any atom is 0.121 e. The van der Waals surface area contributed by atoms with Crippen molar-refractivity contribution in [3.8, 4) is 0 Å². The standard InChI is InChI=1S/C16H14N2O/c1-15(2)16(19-15)9-7-8-10(16)14-13(9)17-11-5-3-4-6-12(11)18-14/h3-10H,1-2H3/t9-,10+,16?. The summed E-state index contributed by atoms with van der Waals surface area (Å²) in [5.41, 5.74) is 4.03. The van der Waals surface area contributed by atoms with E-state index in [4.69, 9.17) is 14.7 Å². The van der Waals surface area contributed by atoms with Gasteiger partial charge in [0.2, 0.25) is 0 Å². The molecule has 1 aromatic carbocycles. The smallest absolute Gasteiger partial charge is 0.121 e. The molecule has 0 saturated carbocycles. The van der Waals surface area contributed by atoms with Crippen molar-refractivity contribution in [3.05, 3.63) is 47.8 Å². The van der Waals surface area contributed by atoms with Gasteiger partial charge in [-0.25, -0.2) is 9.97 Å². The van der Waals surface area contributed by atoms with Gasteiger partial charge >= 0.3 is 0 Å². The zero-order valence-corrected chi connectivity index (χ0v) is 10.9. The maximum absolute atomic E-state index is 6.11. The van der Waals surface area contributed by atoms with Crippen LogP contribution in [0.3, 0.4) is 0 Å². The summed E-state index contributed by atoms with van der Waals surface area (Å²) in [6.45, 7) is 4.34. The fourth-order valence-electron chi connectivity index (χ4n) is 4.05. The molecule has 2 aliphatic carbocycles. The largest absolute Gasteiger partial charge is 0.361 e. The third kappa shape index (κ3) is 0.942. The van der Waals surface area contributed by atoms with Crippen LogP contribution in [-0.4, -0.2) is 21.2 Å². The van der Waals surface area contributed by atoms with Gasteiger partial charge in [0, 0.05) is 0 Å². The van der Waals surface area contributed by atoms with Crippen LogP contribution in [0.4, 0.5) is 0 Å². The summed E-state index contributed by atoms with van der Waals surface area (Å²) in [5.74, 6) is 0.555. The lowest BCUT2D eigenvalue weighted by Gasteiger charge is -2.12. The molecule has 0 amide bonds. The lowest BCUT2D eigenvalue weighted by atomic mass is 9.84. The van der Waals surface area contributed by atoms with Crippen LogP contribution in [0, 0.1) is 0 Å². The highest BCUT2D eigenvalue weighted by Gasteiger charge is 2.76. The van der Waals surface area contributed by atoms with Crippen LogP contribution < -0.4 is 0 Å². The monoisotopic (exact) mass is 250 g/mol. The Kier molecular flexibility index (Phi) is 1.45. The van der Waals surface area contributed by atoms with Crippen molar-refractivity contribution in [2.75, 3.05) is 0 Å². The molecule has 1 aliphatic heterocycles. The first-order chi connectivity index (χ1) is 9.13. The van der Waals surface area contributed by atoms with Crippen molar-refractivity contribution in [2.24, 2.45) is 0 Å². The van der Waals surface area contributed by atoms with E-state index in [1.54, 1.807) is 0 Å². The molecular formula is C16H14N2O. The number of para-hydroxylation sites is 2. The van der Waals surface area contributed by atoms with Gasteiger partial charge in [-0.2, -0.15) is 0 Å². The minimum Gasteiger partial charge on any atom is -0.361 e. The van der Waals surface area contributed by atoms with E-state index in [1.807, 2.05) is 24.3 Å². The number of nitrogens with zero attached hydrogens (tertiary/aromatic N) is 2. The number of aromatic nitrogens is 2. The van der Waals surface area contributed by atoms with E-state index in [1.165, 1.54) is 0 Å². The molecule has 2 aromatic rings. The summed E-state index contributed by atoms with van der Waals surface area (Å²) in [7, 11) is 0. The predicted octanol–water partition coefficient (Wildman–Crippen LogP) is 2.93. The highest BCUT2D eigenvalue weighted by atomic mass is 16.6. The Labute approximate surface area is 111 Å². The normalized spacial score (nSPS) is 36.1. The molecule has 2 heterocycles. The molecule has 19 heavy (non-hydrogen) atoms. The molecule has 0 N–H and O–H groups in total. The Morgan fingerprint density at radius 1 is 0.947 bits per heavy atom. The third-order valence-electron chi connectivity index (χ3n) is 4.96. The van der Waals surface area contributed by atoms with Crippen molar-refractivity contribution in [3.63, 3.8) is 0 Å². The van der Waals surface area contributed by atoms with Gasteiger partial charge in [-0.1, -0.05) is 24.3 Å². The molecule has 1 unspecified atom stereocenters. The Hall–Kier alpha value is -1.74. The molecule has 2 bridgehead atoms. The predicted molar refractivity (Wildman–Crippen MR) is 72.1 cm³/mol. The molecular weight excluding hydrogens is 236 g/mol. The summed E-state index contributed by atoms with van der Waals surface area (Å²) >= 11 is 0. The minimum atomic E-state index is -0.104. The molecule has 1 spiro atoms. The zero-order chi connectivity index (χ0) is 12.8. The molecule has 1 fully saturated rings. The first-order valence-corrected chi connectivity index (χ1v) is 6.78. The number of hydrogen-bond donors (Lipinski definition) is 0. The quantitative estimate of drug-likeness (QED) is 0.533. The van der Waals surface area contributed by atoms with Crippen molar-refractivity contribution < 1.29 is 4.74 Å². The van der Waals surface area contributed by atoms with E-state index in [9.17, 15) is 0 Å². The zero-order valence-electron chi connectivity index (χ0n) is 10.9. The summed E-state index contributed by atoms with van der Waals surface area (Å²) in [5, 5.41) is 0. The summed E-state index contributed by atoms with van der Waals surface area (Å²) in [6.07, 6.45) is 4.51. The lowest BCUT2D eigenvalue weighted by Crippen LogP contribution is -2.24. The first-order valence-electron chi connectivity index (χ1n) is 6.78. The highest BCUT2D eigenvalue weighted by molar-refractivity contribution is 5.75. The number of benzene rings is 1. The average molecular weight is 250 g/mol. The van der Waals surface area contributed by atoms with Crippen LogP contribution in [-0.2, 0) is 4.74 Å². The van der Waals surface area contributed by atoms with Crippen molar-refractivity contribution in [1.82, 2.24) is 9.97 Å². The van der Waals surface area contributed by atoms with E-state index < -0.39 is 0 Å². The molecule has 3 aliphatic rings. The second kappa shape index (κ2) is 2.73. The van der Waals surface area contributed by atoms with E-state index in [0.717, 1.165) is 22.4 Å². The first kappa shape index (κ1) is 10.1. The van der Waals surface area contributed by atoms with Crippen LogP contribution >= 0.6 is 0 Å². The molecule has 5 rings (SSSR count). The average Bonchev–Trinajstić information content (AvgIpc) is 2.71. The fourth-order valence-corrected chi connectivity index (χ4v) is 4.05. The third-order valence-corrected chi connectivity index (χ3v) is 4.96. The van der Waals surface area contributed by atoms with Crippen molar-refractivity contribution in [2.45, 2.75) is 36.9 Å². The van der Waals surface area contributed by atoms with Crippen LogP contribution in [0.15, 0.2) is 36.4 Å². The molecule has 1 aromatic heterocycles. The van der Waals surface area contributed by atoms with Gasteiger partial charge in [0.1, 0.15) is 5.60 Å². The summed E-state index contributed by atoms with van der Waals surface area (Å²) in [6, 6.07) is 8.09. The topological polar surface area (TPSA) is 38.3 Å². The van der Waals surface area contributed by atoms with Gasteiger partial charge in [-0.05, 0) is 26.0 Å². The molecule has 3 nitrogen and oxygen atoms in total. The van der Waals surface area contributed by atoms with E-state index >= 15 is 0 Å². The second-order valence-corrected chi connectivity index (χ2v) is 6.23. The molecule has 0 radical (unpaired) electrons. The second-order valence-electron chi connectivity index (χ2n) is 6.23. The Bertz CT molecular complexity index is 710. The SMILES string of the molecule is CC1(C)OC12[C@@H]1C=C[C@H]2c2nc3ccccc3nc21. The van der Waals surface area contributed by atoms with Gasteiger partial charge in [-0.15, -0.1) is 0 Å². The highest BCUT2D eigenvalue weighted by Crippen LogP contribution is 2.70. The molecule has 1 saturated heterocycles.